The minimum absolute atomic E-state index is 0.368. The van der Waals surface area contributed by atoms with Gasteiger partial charge < -0.3 is 15.0 Å². The summed E-state index contributed by atoms with van der Waals surface area (Å²) >= 11 is 3.39. The third-order valence-corrected chi connectivity index (χ3v) is 2.71. The van der Waals surface area contributed by atoms with Crippen LogP contribution in [0.2, 0.25) is 0 Å². The number of hydrogen-bond donors (Lipinski definition) is 2. The first-order valence-electron chi connectivity index (χ1n) is 4.74. The zero-order valence-electron chi connectivity index (χ0n) is 8.35. The fourth-order valence-electron chi connectivity index (χ4n) is 1.49. The van der Waals surface area contributed by atoms with Crippen molar-refractivity contribution in [2.24, 2.45) is 0 Å². The molecule has 2 N–H and O–H groups in total. The van der Waals surface area contributed by atoms with E-state index in [2.05, 4.69) is 26.2 Å². The highest BCUT2D eigenvalue weighted by Gasteiger charge is 2.03. The van der Waals surface area contributed by atoms with Crippen LogP contribution in [0.3, 0.4) is 0 Å². The van der Waals surface area contributed by atoms with Gasteiger partial charge in [0.2, 0.25) is 0 Å². The summed E-state index contributed by atoms with van der Waals surface area (Å²) in [5.41, 5.74) is 1.89. The van der Waals surface area contributed by atoms with E-state index >= 15 is 0 Å². The number of nitrogens with zero attached hydrogens (tertiary/aromatic N) is 2. The number of benzene rings is 1. The van der Waals surface area contributed by atoms with Gasteiger partial charge in [-0.25, -0.2) is 9.78 Å². The number of rotatable bonds is 3. The molecule has 0 radical (unpaired) electrons. The molecule has 2 rings (SSSR count). The van der Waals surface area contributed by atoms with Crippen LogP contribution in [0, 0.1) is 0 Å². The molecule has 0 aliphatic rings. The van der Waals surface area contributed by atoms with E-state index in [1.54, 1.807) is 6.33 Å². The van der Waals surface area contributed by atoms with E-state index in [0.29, 0.717) is 13.1 Å². The number of nitrogens with one attached hydrogen (secondary N) is 1. The van der Waals surface area contributed by atoms with Crippen LogP contribution in [0.5, 0.6) is 0 Å². The molecule has 0 unspecified atom stereocenters. The first-order valence-corrected chi connectivity index (χ1v) is 5.53. The minimum atomic E-state index is -1.01. The summed E-state index contributed by atoms with van der Waals surface area (Å²) in [7, 11) is 0. The van der Waals surface area contributed by atoms with Gasteiger partial charge in [0, 0.05) is 17.6 Å². The van der Waals surface area contributed by atoms with E-state index in [-0.39, 0.29) is 0 Å². The molecule has 0 aliphatic carbocycles. The molecule has 0 spiro atoms. The molecule has 16 heavy (non-hydrogen) atoms. The standard InChI is InChI=1S/C10H10BrN3O2/c11-7-1-2-8-9(5-7)14(6-13-8)4-3-12-10(15)16/h1-2,5-6,12H,3-4H2,(H,15,16). The molecule has 84 valence electrons. The van der Waals surface area contributed by atoms with Crippen molar-refractivity contribution in [2.45, 2.75) is 6.54 Å². The van der Waals surface area contributed by atoms with Crippen molar-refractivity contribution in [1.82, 2.24) is 14.9 Å². The van der Waals surface area contributed by atoms with E-state index in [9.17, 15) is 4.79 Å². The van der Waals surface area contributed by atoms with E-state index in [4.69, 9.17) is 5.11 Å². The van der Waals surface area contributed by atoms with Gasteiger partial charge in [-0.05, 0) is 18.2 Å². The summed E-state index contributed by atoms with van der Waals surface area (Å²) in [5, 5.41) is 10.8. The normalized spacial score (nSPS) is 10.6. The van der Waals surface area contributed by atoms with Gasteiger partial charge in [-0.3, -0.25) is 0 Å². The Kier molecular flexibility index (Phi) is 3.09. The van der Waals surface area contributed by atoms with Crippen molar-refractivity contribution in [3.05, 3.63) is 29.0 Å². The molecular weight excluding hydrogens is 274 g/mol. The lowest BCUT2D eigenvalue weighted by Gasteiger charge is -2.04. The fourth-order valence-corrected chi connectivity index (χ4v) is 1.84. The Morgan fingerprint density at radius 3 is 3.12 bits per heavy atom. The second kappa shape index (κ2) is 4.52. The maximum absolute atomic E-state index is 10.3. The van der Waals surface area contributed by atoms with Crippen molar-refractivity contribution < 1.29 is 9.90 Å². The zero-order valence-corrected chi connectivity index (χ0v) is 9.94. The third kappa shape index (κ3) is 2.33. The van der Waals surface area contributed by atoms with E-state index in [1.165, 1.54) is 0 Å². The summed E-state index contributed by atoms with van der Waals surface area (Å²) < 4.78 is 2.89. The predicted octanol–water partition coefficient (Wildman–Crippen LogP) is 2.07. The molecule has 2 aromatic rings. The molecule has 0 fully saturated rings. The Labute approximate surface area is 100 Å². The number of imidazole rings is 1. The zero-order chi connectivity index (χ0) is 11.5. The number of halogens is 1. The maximum Gasteiger partial charge on any atom is 0.404 e. The Bertz CT molecular complexity index is 524. The summed E-state index contributed by atoms with van der Waals surface area (Å²) in [5.74, 6) is 0. The van der Waals surface area contributed by atoms with Crippen molar-refractivity contribution in [2.75, 3.05) is 6.54 Å². The molecule has 0 aliphatic heterocycles. The third-order valence-electron chi connectivity index (χ3n) is 2.21. The fraction of sp³-hybridized carbons (Fsp3) is 0.200. The molecule has 1 aromatic carbocycles. The largest absolute Gasteiger partial charge is 0.465 e. The summed E-state index contributed by atoms with van der Waals surface area (Å²) in [4.78, 5) is 14.5. The number of amides is 1. The molecule has 0 atom stereocenters. The Hall–Kier alpha value is -1.56. The maximum atomic E-state index is 10.3. The highest BCUT2D eigenvalue weighted by Crippen LogP contribution is 2.18. The highest BCUT2D eigenvalue weighted by molar-refractivity contribution is 9.10. The van der Waals surface area contributed by atoms with Crippen LogP contribution in [-0.2, 0) is 6.54 Å². The second-order valence-electron chi connectivity index (χ2n) is 3.30. The van der Waals surface area contributed by atoms with Crippen molar-refractivity contribution in [1.29, 1.82) is 0 Å². The van der Waals surface area contributed by atoms with E-state index in [1.807, 2.05) is 22.8 Å². The molecule has 5 nitrogen and oxygen atoms in total. The highest BCUT2D eigenvalue weighted by atomic mass is 79.9. The van der Waals surface area contributed by atoms with Gasteiger partial charge in [0.15, 0.2) is 0 Å². The van der Waals surface area contributed by atoms with Crippen molar-refractivity contribution in [3.63, 3.8) is 0 Å². The Morgan fingerprint density at radius 2 is 2.38 bits per heavy atom. The lowest BCUT2D eigenvalue weighted by Crippen LogP contribution is -2.24. The van der Waals surface area contributed by atoms with Gasteiger partial charge >= 0.3 is 6.09 Å². The monoisotopic (exact) mass is 283 g/mol. The van der Waals surface area contributed by atoms with Gasteiger partial charge in [0.1, 0.15) is 0 Å². The summed E-state index contributed by atoms with van der Waals surface area (Å²) in [6.07, 6.45) is 0.700. The first kappa shape index (κ1) is 10.9. The molecule has 1 heterocycles. The number of hydrogen-bond acceptors (Lipinski definition) is 2. The van der Waals surface area contributed by atoms with Crippen molar-refractivity contribution >= 4 is 33.1 Å². The predicted molar refractivity (Wildman–Crippen MR) is 63.5 cm³/mol. The molecule has 1 amide bonds. The van der Waals surface area contributed by atoms with Crippen LogP contribution in [0.1, 0.15) is 0 Å². The van der Waals surface area contributed by atoms with Crippen LogP contribution < -0.4 is 5.32 Å². The van der Waals surface area contributed by atoms with Gasteiger partial charge in [0.25, 0.3) is 0 Å². The van der Waals surface area contributed by atoms with Gasteiger partial charge in [-0.1, -0.05) is 15.9 Å². The second-order valence-corrected chi connectivity index (χ2v) is 4.22. The number of carboxylic acid groups (broad SMARTS) is 1. The average molecular weight is 284 g/mol. The molecule has 0 saturated carbocycles. The quantitative estimate of drug-likeness (QED) is 0.906. The minimum Gasteiger partial charge on any atom is -0.465 e. The van der Waals surface area contributed by atoms with Crippen molar-refractivity contribution in [3.8, 4) is 0 Å². The average Bonchev–Trinajstić information content (AvgIpc) is 2.60. The summed E-state index contributed by atoms with van der Waals surface area (Å²) in [6, 6.07) is 5.80. The van der Waals surface area contributed by atoms with E-state index in [0.717, 1.165) is 15.5 Å². The van der Waals surface area contributed by atoms with Crippen LogP contribution in [0.4, 0.5) is 4.79 Å². The summed E-state index contributed by atoms with van der Waals surface area (Å²) in [6.45, 7) is 0.937. The first-order chi connectivity index (χ1) is 7.66. The van der Waals surface area contributed by atoms with Gasteiger partial charge in [-0.15, -0.1) is 0 Å². The van der Waals surface area contributed by atoms with Crippen LogP contribution in [-0.4, -0.2) is 27.3 Å². The molecule has 0 saturated heterocycles. The van der Waals surface area contributed by atoms with Crippen LogP contribution >= 0.6 is 15.9 Å². The lowest BCUT2D eigenvalue weighted by molar-refractivity contribution is 0.194. The molecular formula is C10H10BrN3O2. The lowest BCUT2D eigenvalue weighted by atomic mass is 10.3. The smallest absolute Gasteiger partial charge is 0.404 e. The Morgan fingerprint density at radius 1 is 1.56 bits per heavy atom. The number of fused-ring (bicyclic) bond motifs is 1. The molecule has 6 heteroatoms. The number of aromatic nitrogens is 2. The van der Waals surface area contributed by atoms with Crippen LogP contribution in [0.15, 0.2) is 29.0 Å². The van der Waals surface area contributed by atoms with E-state index < -0.39 is 6.09 Å². The van der Waals surface area contributed by atoms with Crippen LogP contribution in [0.25, 0.3) is 11.0 Å². The topological polar surface area (TPSA) is 67.2 Å². The SMILES string of the molecule is O=C(O)NCCn1cnc2ccc(Br)cc21. The molecule has 1 aromatic heterocycles. The van der Waals surface area contributed by atoms with Gasteiger partial charge in [0.05, 0.1) is 17.4 Å². The van der Waals surface area contributed by atoms with Gasteiger partial charge in [-0.2, -0.15) is 0 Å². The number of carbonyl (C=O) groups is 1. The Balaban J connectivity index is 2.17. The molecule has 0 bridgehead atoms.